The number of piperazine rings is 1. The monoisotopic (exact) mass is 445 g/mol. The topological polar surface area (TPSA) is 72.7 Å². The fraction of sp³-hybridized carbons (Fsp3) is 0.632. The zero-order valence-electron chi connectivity index (χ0n) is 17.0. The number of nitriles is 1. The van der Waals surface area contributed by atoms with Gasteiger partial charge in [-0.05, 0) is 20.8 Å². The first-order valence-electron chi connectivity index (χ1n) is 9.54. The van der Waals surface area contributed by atoms with Gasteiger partial charge < -0.3 is 14.5 Å². The molecule has 0 saturated carbocycles. The van der Waals surface area contributed by atoms with Gasteiger partial charge in [0.15, 0.2) is 5.69 Å². The zero-order chi connectivity index (χ0) is 22.3. The summed E-state index contributed by atoms with van der Waals surface area (Å²) >= 11 is 5.89. The second-order valence-electron chi connectivity index (χ2n) is 8.36. The third-order valence-electron chi connectivity index (χ3n) is 5.01. The van der Waals surface area contributed by atoms with Crippen LogP contribution in [0.4, 0.5) is 23.8 Å². The van der Waals surface area contributed by atoms with E-state index in [0.29, 0.717) is 39.3 Å². The average Bonchev–Trinajstić information content (AvgIpc) is 2.58. The molecule has 1 aromatic heterocycles. The van der Waals surface area contributed by atoms with E-state index in [2.05, 4.69) is 9.88 Å². The van der Waals surface area contributed by atoms with Crippen LogP contribution in [0.5, 0.6) is 0 Å². The third-order valence-corrected chi connectivity index (χ3v) is 5.30. The number of aromatic nitrogens is 1. The largest absolute Gasteiger partial charge is 0.444 e. The quantitative estimate of drug-likeness (QED) is 0.695. The number of pyridine rings is 1. The van der Waals surface area contributed by atoms with Crippen molar-refractivity contribution in [2.75, 3.05) is 44.2 Å². The molecule has 0 aromatic carbocycles. The lowest BCUT2D eigenvalue weighted by molar-refractivity contribution is -0.141. The lowest BCUT2D eigenvalue weighted by Crippen LogP contribution is -2.64. The van der Waals surface area contributed by atoms with Crippen LogP contribution in [0, 0.1) is 11.3 Å². The summed E-state index contributed by atoms with van der Waals surface area (Å²) in [6, 6.07) is 2.92. The van der Waals surface area contributed by atoms with Gasteiger partial charge in [-0.3, -0.25) is 4.90 Å². The van der Waals surface area contributed by atoms with Crippen molar-refractivity contribution in [3.63, 3.8) is 0 Å². The first kappa shape index (κ1) is 22.4. The molecule has 0 N–H and O–H groups in total. The Morgan fingerprint density at radius 1 is 1.23 bits per heavy atom. The lowest BCUT2D eigenvalue weighted by atomic mass is 10.1. The molecule has 30 heavy (non-hydrogen) atoms. The minimum atomic E-state index is -4.76. The molecule has 11 heteroatoms. The SMILES string of the molecule is CC(C)(C)OC(=O)N1CCN(C2CN(c3cc(Cl)c(C#N)c(C(F)(F)F)n3)C2)CC1. The van der Waals surface area contributed by atoms with Crippen LogP contribution in [-0.2, 0) is 10.9 Å². The molecule has 1 aromatic rings. The Balaban J connectivity index is 1.58. The van der Waals surface area contributed by atoms with Crippen LogP contribution < -0.4 is 4.90 Å². The normalized spacial score (nSPS) is 18.7. The van der Waals surface area contributed by atoms with Gasteiger partial charge in [0.2, 0.25) is 0 Å². The number of anilines is 1. The van der Waals surface area contributed by atoms with Gasteiger partial charge in [-0.2, -0.15) is 18.4 Å². The second-order valence-corrected chi connectivity index (χ2v) is 8.76. The highest BCUT2D eigenvalue weighted by Gasteiger charge is 2.40. The zero-order valence-corrected chi connectivity index (χ0v) is 17.7. The van der Waals surface area contributed by atoms with Crippen LogP contribution in [0.3, 0.4) is 0 Å². The highest BCUT2D eigenvalue weighted by atomic mass is 35.5. The lowest BCUT2D eigenvalue weighted by Gasteiger charge is -2.48. The standard InChI is InChI=1S/C19H23ClF3N5O2/c1-18(2,3)30-17(29)27-6-4-26(5-7-27)12-10-28(11-12)15-8-14(20)13(9-24)16(25-15)19(21,22)23/h8,12H,4-7,10-11H2,1-3H3. The summed E-state index contributed by atoms with van der Waals surface area (Å²) in [5.41, 5.74) is -2.47. The Kier molecular flexibility index (Phi) is 6.07. The number of amides is 1. The molecule has 3 rings (SSSR count). The molecule has 1 amide bonds. The first-order chi connectivity index (χ1) is 13.9. The first-order valence-corrected chi connectivity index (χ1v) is 9.91. The van der Waals surface area contributed by atoms with E-state index in [1.165, 1.54) is 12.1 Å². The Labute approximate surface area is 177 Å². The van der Waals surface area contributed by atoms with E-state index < -0.39 is 23.0 Å². The van der Waals surface area contributed by atoms with Crippen LogP contribution >= 0.6 is 11.6 Å². The van der Waals surface area contributed by atoms with E-state index in [4.69, 9.17) is 21.6 Å². The predicted molar refractivity (Wildman–Crippen MR) is 104 cm³/mol. The maximum Gasteiger partial charge on any atom is 0.434 e. The summed E-state index contributed by atoms with van der Waals surface area (Å²) < 4.78 is 45.0. The summed E-state index contributed by atoms with van der Waals surface area (Å²) in [5.74, 6) is 0.106. The van der Waals surface area contributed by atoms with E-state index in [-0.39, 0.29) is 23.0 Å². The number of rotatable bonds is 2. The van der Waals surface area contributed by atoms with E-state index >= 15 is 0 Å². The van der Waals surface area contributed by atoms with Gasteiger partial charge in [-0.1, -0.05) is 11.6 Å². The Morgan fingerprint density at radius 2 is 1.83 bits per heavy atom. The average molecular weight is 446 g/mol. The highest BCUT2D eigenvalue weighted by Crippen LogP contribution is 2.36. The smallest absolute Gasteiger partial charge is 0.434 e. The molecule has 2 aliphatic heterocycles. The minimum Gasteiger partial charge on any atom is -0.444 e. The Morgan fingerprint density at radius 3 is 2.33 bits per heavy atom. The van der Waals surface area contributed by atoms with Gasteiger partial charge in [0.05, 0.1) is 5.02 Å². The summed E-state index contributed by atoms with van der Waals surface area (Å²) in [7, 11) is 0. The van der Waals surface area contributed by atoms with Crippen molar-refractivity contribution in [2.45, 2.75) is 38.6 Å². The van der Waals surface area contributed by atoms with E-state index in [9.17, 15) is 18.0 Å². The number of hydrogen-bond acceptors (Lipinski definition) is 6. The van der Waals surface area contributed by atoms with E-state index in [0.717, 1.165) is 0 Å². The van der Waals surface area contributed by atoms with E-state index in [1.54, 1.807) is 9.80 Å². The maximum absolute atomic E-state index is 13.2. The third kappa shape index (κ3) is 4.90. The van der Waals surface area contributed by atoms with Crippen molar-refractivity contribution in [3.8, 4) is 6.07 Å². The molecule has 3 heterocycles. The van der Waals surface area contributed by atoms with Crippen molar-refractivity contribution in [2.24, 2.45) is 0 Å². The Hall–Kier alpha value is -2.25. The van der Waals surface area contributed by atoms with Gasteiger partial charge in [-0.15, -0.1) is 0 Å². The molecule has 7 nitrogen and oxygen atoms in total. The van der Waals surface area contributed by atoms with Crippen molar-refractivity contribution in [1.82, 2.24) is 14.8 Å². The minimum absolute atomic E-state index is 0.106. The molecule has 0 atom stereocenters. The molecule has 2 aliphatic rings. The van der Waals surface area contributed by atoms with Crippen molar-refractivity contribution in [1.29, 1.82) is 5.26 Å². The van der Waals surface area contributed by atoms with Gasteiger partial charge in [0.25, 0.3) is 0 Å². The molecule has 0 unspecified atom stereocenters. The fourth-order valence-electron chi connectivity index (χ4n) is 3.44. The number of nitrogens with zero attached hydrogens (tertiary/aromatic N) is 5. The number of halogens is 4. The second kappa shape index (κ2) is 8.12. The molecule has 0 spiro atoms. The Bertz CT molecular complexity index is 851. The number of hydrogen-bond donors (Lipinski definition) is 0. The van der Waals surface area contributed by atoms with Crippen LogP contribution in [0.1, 0.15) is 32.0 Å². The summed E-state index contributed by atoms with van der Waals surface area (Å²) in [6.07, 6.45) is -5.10. The van der Waals surface area contributed by atoms with Crippen LogP contribution in [-0.4, -0.2) is 71.8 Å². The molecule has 164 valence electrons. The summed E-state index contributed by atoms with van der Waals surface area (Å²) in [6.45, 7) is 8.83. The number of carbonyl (C=O) groups excluding carboxylic acids is 1. The van der Waals surface area contributed by atoms with Crippen LogP contribution in [0.15, 0.2) is 6.07 Å². The van der Waals surface area contributed by atoms with Gasteiger partial charge in [0, 0.05) is 51.4 Å². The van der Waals surface area contributed by atoms with Crippen molar-refractivity contribution in [3.05, 3.63) is 22.3 Å². The highest BCUT2D eigenvalue weighted by molar-refractivity contribution is 6.32. The molecular weight excluding hydrogens is 423 g/mol. The maximum atomic E-state index is 13.2. The number of alkyl halides is 3. The van der Waals surface area contributed by atoms with Gasteiger partial charge in [0.1, 0.15) is 23.1 Å². The molecule has 2 saturated heterocycles. The molecule has 0 aliphatic carbocycles. The van der Waals surface area contributed by atoms with Gasteiger partial charge >= 0.3 is 12.3 Å². The number of carbonyl (C=O) groups is 1. The van der Waals surface area contributed by atoms with Crippen molar-refractivity contribution < 1.29 is 22.7 Å². The fourth-order valence-corrected chi connectivity index (χ4v) is 3.67. The predicted octanol–water partition coefficient (Wildman–Crippen LogP) is 3.37. The summed E-state index contributed by atoms with van der Waals surface area (Å²) in [4.78, 5) is 21.4. The van der Waals surface area contributed by atoms with Crippen LogP contribution in [0.2, 0.25) is 5.02 Å². The van der Waals surface area contributed by atoms with Gasteiger partial charge in [-0.25, -0.2) is 9.78 Å². The molecule has 0 radical (unpaired) electrons. The molecule has 2 fully saturated rings. The summed E-state index contributed by atoms with van der Waals surface area (Å²) in [5, 5.41) is 8.71. The van der Waals surface area contributed by atoms with Crippen LogP contribution in [0.25, 0.3) is 0 Å². The molecule has 0 bridgehead atoms. The van der Waals surface area contributed by atoms with E-state index in [1.807, 2.05) is 20.8 Å². The van der Waals surface area contributed by atoms with Crippen molar-refractivity contribution >= 4 is 23.5 Å². The number of ether oxygens (including phenoxy) is 1. The molecular formula is C19H23ClF3N5O2.